The molecule has 0 aliphatic rings. The van der Waals surface area contributed by atoms with Crippen molar-refractivity contribution in [2.24, 2.45) is 0 Å². The number of carbonyl (C=O) groups excluding carboxylic acids is 1. The van der Waals surface area contributed by atoms with Crippen molar-refractivity contribution in [3.63, 3.8) is 0 Å². The minimum Gasteiger partial charge on any atom is -0.475 e. The van der Waals surface area contributed by atoms with Gasteiger partial charge in [0.2, 0.25) is 11.9 Å². The molecular weight excluding hydrogens is 543 g/mol. The van der Waals surface area contributed by atoms with E-state index in [0.717, 1.165) is 23.4 Å². The van der Waals surface area contributed by atoms with Crippen LogP contribution in [0.2, 0.25) is 0 Å². The van der Waals surface area contributed by atoms with Gasteiger partial charge in [-0.2, -0.15) is 18.2 Å². The van der Waals surface area contributed by atoms with Gasteiger partial charge in [-0.15, -0.1) is 11.3 Å². The highest BCUT2D eigenvalue weighted by atomic mass is 32.1. The van der Waals surface area contributed by atoms with Crippen LogP contribution in [0.15, 0.2) is 90.4 Å². The Morgan fingerprint density at radius 3 is 2.17 bits per heavy atom. The molecule has 40 heavy (non-hydrogen) atoms. The van der Waals surface area contributed by atoms with Gasteiger partial charge in [0.05, 0.1) is 6.54 Å². The predicted octanol–water partition coefficient (Wildman–Crippen LogP) is 5.17. The molecule has 8 nitrogen and oxygen atoms in total. The number of rotatable bonds is 11. The largest absolute Gasteiger partial charge is 0.490 e. The first-order valence-corrected chi connectivity index (χ1v) is 13.1. The van der Waals surface area contributed by atoms with Crippen LogP contribution in [0, 0.1) is 0 Å². The Kier molecular flexibility index (Phi) is 11.5. The normalized spacial score (nSPS) is 11.5. The Balaban J connectivity index is 0.000000559. The van der Waals surface area contributed by atoms with Crippen molar-refractivity contribution in [1.29, 1.82) is 0 Å². The predicted molar refractivity (Wildman–Crippen MR) is 148 cm³/mol. The summed E-state index contributed by atoms with van der Waals surface area (Å²) in [5.41, 5.74) is 2.33. The maximum absolute atomic E-state index is 13.0. The summed E-state index contributed by atoms with van der Waals surface area (Å²) in [5, 5.41) is 18.8. The fraction of sp³-hybridized carbons (Fsp3) is 0.214. The molecule has 0 saturated carbocycles. The van der Waals surface area contributed by atoms with Gasteiger partial charge < -0.3 is 21.1 Å². The van der Waals surface area contributed by atoms with Crippen LogP contribution < -0.4 is 16.0 Å². The number of carboxylic acids is 1. The molecule has 0 fully saturated rings. The molecule has 1 amide bonds. The smallest absolute Gasteiger partial charge is 0.475 e. The number of carbonyl (C=O) groups is 2. The van der Waals surface area contributed by atoms with E-state index >= 15 is 0 Å². The van der Waals surface area contributed by atoms with Gasteiger partial charge in [-0.05, 0) is 35.1 Å². The van der Waals surface area contributed by atoms with Crippen molar-refractivity contribution in [3.8, 4) is 0 Å². The summed E-state index contributed by atoms with van der Waals surface area (Å²) < 4.78 is 31.7. The number of amides is 1. The van der Waals surface area contributed by atoms with Crippen LogP contribution in [0.1, 0.15) is 16.0 Å². The third-order valence-electron chi connectivity index (χ3n) is 5.38. The summed E-state index contributed by atoms with van der Waals surface area (Å²) in [4.78, 5) is 31.9. The molecule has 0 unspecified atom stereocenters. The summed E-state index contributed by atoms with van der Waals surface area (Å²) in [6.45, 7) is 1.24. The van der Waals surface area contributed by atoms with Crippen LogP contribution in [0.25, 0.3) is 0 Å². The number of aliphatic carboxylic acids is 1. The number of anilines is 2. The molecule has 0 aliphatic heterocycles. The number of nitrogens with zero attached hydrogens (tertiary/aromatic N) is 2. The Morgan fingerprint density at radius 1 is 0.925 bits per heavy atom. The summed E-state index contributed by atoms with van der Waals surface area (Å²) >= 11 is 1.63. The zero-order chi connectivity index (χ0) is 28.8. The Bertz CT molecular complexity index is 1320. The minimum atomic E-state index is -5.08. The number of hydrogen-bond donors (Lipinski definition) is 4. The van der Waals surface area contributed by atoms with Crippen LogP contribution in [0.4, 0.5) is 24.9 Å². The number of nitrogens with one attached hydrogen (secondary N) is 3. The Hall–Kier alpha value is -4.45. The van der Waals surface area contributed by atoms with Gasteiger partial charge in [-0.3, -0.25) is 4.79 Å². The molecule has 4 aromatic rings. The first-order chi connectivity index (χ1) is 19.2. The summed E-state index contributed by atoms with van der Waals surface area (Å²) in [6, 6.07) is 25.6. The van der Waals surface area contributed by atoms with E-state index in [1.807, 2.05) is 66.0 Å². The van der Waals surface area contributed by atoms with E-state index in [-0.39, 0.29) is 5.91 Å². The molecule has 0 saturated heterocycles. The number of thiophene rings is 1. The fourth-order valence-electron chi connectivity index (χ4n) is 3.44. The lowest BCUT2D eigenvalue weighted by molar-refractivity contribution is -0.192. The highest BCUT2D eigenvalue weighted by molar-refractivity contribution is 7.09. The number of aromatic nitrogens is 2. The quantitative estimate of drug-likeness (QED) is 0.196. The van der Waals surface area contributed by atoms with Gasteiger partial charge in [0.25, 0.3) is 0 Å². The van der Waals surface area contributed by atoms with E-state index in [4.69, 9.17) is 9.90 Å². The van der Waals surface area contributed by atoms with Crippen molar-refractivity contribution < 1.29 is 27.9 Å². The molecule has 2 heterocycles. The van der Waals surface area contributed by atoms with Gasteiger partial charge in [-0.25, -0.2) is 9.78 Å². The molecule has 2 aromatic heterocycles. The molecule has 2 aromatic carbocycles. The monoisotopic (exact) mass is 571 g/mol. The van der Waals surface area contributed by atoms with Crippen molar-refractivity contribution in [2.45, 2.75) is 31.6 Å². The molecule has 0 radical (unpaired) electrons. The summed E-state index contributed by atoms with van der Waals surface area (Å²) in [7, 11) is 0. The Morgan fingerprint density at radius 2 is 1.57 bits per heavy atom. The number of halogens is 3. The van der Waals surface area contributed by atoms with E-state index in [2.05, 4.69) is 38.1 Å². The van der Waals surface area contributed by atoms with E-state index in [1.54, 1.807) is 23.6 Å². The number of alkyl halides is 3. The number of benzene rings is 2. The van der Waals surface area contributed by atoms with Crippen LogP contribution in [-0.2, 0) is 29.0 Å². The van der Waals surface area contributed by atoms with E-state index in [1.165, 1.54) is 5.56 Å². The maximum Gasteiger partial charge on any atom is 0.490 e. The van der Waals surface area contributed by atoms with Crippen molar-refractivity contribution in [3.05, 3.63) is 106 Å². The zero-order valence-electron chi connectivity index (χ0n) is 21.3. The molecular formula is C28H28F3N5O3S. The van der Waals surface area contributed by atoms with Gasteiger partial charge in [0, 0.05) is 24.0 Å². The fourth-order valence-corrected chi connectivity index (χ4v) is 4.08. The van der Waals surface area contributed by atoms with Crippen LogP contribution in [-0.4, -0.2) is 45.7 Å². The highest BCUT2D eigenvalue weighted by Crippen LogP contribution is 2.14. The standard InChI is InChI=1S/C26H27N5OS.C2HF3O2/c32-25(29-19-22-12-7-17-33-22)23(18-21-10-5-2-6-11-21)30-24-14-16-28-26(31-24)27-15-13-20-8-3-1-4-9-20;3-2(4,5)1(6)7/h1-12,14,16-17,23H,13,15,18-19H2,(H,29,32)(H2,27,28,30,31);(H,6,7)/t23-;/m0./s1. The minimum absolute atomic E-state index is 0.0653. The average Bonchev–Trinajstić information content (AvgIpc) is 3.46. The Labute approximate surface area is 233 Å². The molecule has 0 aliphatic carbocycles. The van der Waals surface area contributed by atoms with E-state index < -0.39 is 18.2 Å². The second-order valence-corrected chi connectivity index (χ2v) is 9.45. The summed E-state index contributed by atoms with van der Waals surface area (Å²) in [6.07, 6.45) is -1.95. The summed E-state index contributed by atoms with van der Waals surface area (Å²) in [5.74, 6) is -1.68. The second kappa shape index (κ2) is 15.2. The molecule has 210 valence electrons. The van der Waals surface area contributed by atoms with E-state index in [0.29, 0.717) is 24.7 Å². The third-order valence-corrected chi connectivity index (χ3v) is 6.25. The lowest BCUT2D eigenvalue weighted by Gasteiger charge is -2.19. The van der Waals surface area contributed by atoms with Crippen molar-refractivity contribution in [2.75, 3.05) is 17.2 Å². The highest BCUT2D eigenvalue weighted by Gasteiger charge is 2.38. The lowest BCUT2D eigenvalue weighted by atomic mass is 10.1. The first kappa shape index (κ1) is 30.1. The van der Waals surface area contributed by atoms with Crippen molar-refractivity contribution in [1.82, 2.24) is 15.3 Å². The molecule has 0 spiro atoms. The van der Waals surface area contributed by atoms with Crippen LogP contribution in [0.5, 0.6) is 0 Å². The van der Waals surface area contributed by atoms with E-state index in [9.17, 15) is 18.0 Å². The van der Waals surface area contributed by atoms with Gasteiger partial charge in [-0.1, -0.05) is 66.7 Å². The van der Waals surface area contributed by atoms with Gasteiger partial charge in [0.1, 0.15) is 11.9 Å². The number of carboxylic acid groups (broad SMARTS) is 1. The van der Waals surface area contributed by atoms with Crippen LogP contribution >= 0.6 is 11.3 Å². The molecule has 12 heteroatoms. The molecule has 0 bridgehead atoms. The lowest BCUT2D eigenvalue weighted by Crippen LogP contribution is -2.41. The van der Waals surface area contributed by atoms with Crippen LogP contribution in [0.3, 0.4) is 0 Å². The number of hydrogen-bond acceptors (Lipinski definition) is 7. The molecule has 1 atom stereocenters. The van der Waals surface area contributed by atoms with Gasteiger partial charge >= 0.3 is 12.1 Å². The molecule has 4 N–H and O–H groups in total. The first-order valence-electron chi connectivity index (χ1n) is 12.2. The average molecular weight is 572 g/mol. The second-order valence-electron chi connectivity index (χ2n) is 8.41. The van der Waals surface area contributed by atoms with Gasteiger partial charge in [0.15, 0.2) is 0 Å². The molecule has 4 rings (SSSR count). The maximum atomic E-state index is 13.0. The third kappa shape index (κ3) is 10.7. The SMILES string of the molecule is O=C(NCc1cccs1)[C@H](Cc1ccccc1)Nc1ccnc(NCCc2ccccc2)n1.O=C(O)C(F)(F)F. The zero-order valence-corrected chi connectivity index (χ0v) is 22.1. The van der Waals surface area contributed by atoms with Crippen molar-refractivity contribution >= 4 is 35.0 Å². The topological polar surface area (TPSA) is 116 Å².